The second-order valence-corrected chi connectivity index (χ2v) is 9.27. The van der Waals surface area contributed by atoms with Gasteiger partial charge in [-0.25, -0.2) is 0 Å². The molecule has 3 heterocycles. The molecule has 3 unspecified atom stereocenters. The van der Waals surface area contributed by atoms with Gasteiger partial charge in [0.2, 0.25) is 0 Å². The minimum absolute atomic E-state index is 0.0143. The van der Waals surface area contributed by atoms with Crippen molar-refractivity contribution in [2.45, 2.75) is 24.3 Å². The quantitative estimate of drug-likeness (QED) is 0.391. The number of aromatic nitrogens is 1. The van der Waals surface area contributed by atoms with Crippen molar-refractivity contribution in [2.24, 2.45) is 4.99 Å². The van der Waals surface area contributed by atoms with Gasteiger partial charge >= 0.3 is 0 Å². The largest absolute Gasteiger partial charge is 0.341 e. The molecule has 3 atom stereocenters. The molecule has 0 amide bonds. The number of benzene rings is 3. The fraction of sp³-hybridized carbons (Fsp3) is 0.200. The van der Waals surface area contributed by atoms with E-state index in [9.17, 15) is 0 Å². The summed E-state index contributed by atoms with van der Waals surface area (Å²) in [6, 6.07) is 26.2. The molecule has 142 valence electrons. The van der Waals surface area contributed by atoms with Crippen molar-refractivity contribution in [3.05, 3.63) is 90.3 Å². The maximum Gasteiger partial charge on any atom is 0.160 e. The van der Waals surface area contributed by atoms with Gasteiger partial charge in [-0.05, 0) is 45.3 Å². The number of hydrogen-bond donors (Lipinski definition) is 0. The van der Waals surface area contributed by atoms with Crippen molar-refractivity contribution in [1.82, 2.24) is 9.88 Å². The Morgan fingerprint density at radius 3 is 2.28 bits per heavy atom. The summed E-state index contributed by atoms with van der Waals surface area (Å²) in [5.41, 5.74) is 2.42. The summed E-state index contributed by atoms with van der Waals surface area (Å²) in [6.07, 6.45) is 1.88. The van der Waals surface area contributed by atoms with Crippen molar-refractivity contribution < 1.29 is 0 Å². The standard InChI is InChI=1S/C25H21N3S/c1-16-15-28-24(23(27-25(28)29-16)21-12-6-7-13-26-21)22-19-10-4-2-8-17(19)14-18-9-3-5-11-20(18)22/h2-14,16,23-24H,15H2,1H3. The van der Waals surface area contributed by atoms with Gasteiger partial charge in [0.25, 0.3) is 0 Å². The molecule has 1 aromatic heterocycles. The summed E-state index contributed by atoms with van der Waals surface area (Å²) < 4.78 is 0. The summed E-state index contributed by atoms with van der Waals surface area (Å²) in [6.45, 7) is 3.31. The van der Waals surface area contributed by atoms with Crippen LogP contribution in [0.2, 0.25) is 0 Å². The Hall–Kier alpha value is -2.85. The summed E-state index contributed by atoms with van der Waals surface area (Å²) in [5.74, 6) is 0. The molecule has 0 saturated carbocycles. The molecule has 4 aromatic rings. The number of hydrogen-bond acceptors (Lipinski definition) is 4. The van der Waals surface area contributed by atoms with E-state index in [1.54, 1.807) is 0 Å². The fourth-order valence-electron chi connectivity index (χ4n) is 4.80. The number of pyridine rings is 1. The van der Waals surface area contributed by atoms with E-state index < -0.39 is 0 Å². The van der Waals surface area contributed by atoms with Crippen LogP contribution in [-0.4, -0.2) is 26.8 Å². The van der Waals surface area contributed by atoms with Crippen LogP contribution in [0.25, 0.3) is 21.5 Å². The molecule has 0 bridgehead atoms. The van der Waals surface area contributed by atoms with Crippen LogP contribution in [0, 0.1) is 0 Å². The minimum atomic E-state index is 0.0143. The SMILES string of the molecule is CC1CN2C(=NC(c3ccccn3)C2c2c3ccccc3cc3ccccc23)S1. The van der Waals surface area contributed by atoms with E-state index in [4.69, 9.17) is 9.98 Å². The summed E-state index contributed by atoms with van der Waals surface area (Å²) >= 11 is 1.89. The van der Waals surface area contributed by atoms with E-state index in [-0.39, 0.29) is 12.1 Å². The molecule has 0 spiro atoms. The molecule has 3 nitrogen and oxygen atoms in total. The average Bonchev–Trinajstić information content (AvgIpc) is 3.29. The first kappa shape index (κ1) is 17.0. The maximum atomic E-state index is 5.19. The van der Waals surface area contributed by atoms with E-state index >= 15 is 0 Å². The molecule has 1 saturated heterocycles. The molecule has 2 aliphatic rings. The van der Waals surface area contributed by atoms with Crippen LogP contribution in [0.5, 0.6) is 0 Å². The monoisotopic (exact) mass is 395 g/mol. The molecule has 4 heteroatoms. The first-order valence-corrected chi connectivity index (χ1v) is 11.0. The number of fused-ring (bicyclic) bond motifs is 3. The third-order valence-corrected chi connectivity index (χ3v) is 7.09. The predicted molar refractivity (Wildman–Crippen MR) is 122 cm³/mol. The molecular formula is C25H21N3S. The highest BCUT2D eigenvalue weighted by molar-refractivity contribution is 8.14. The Balaban J connectivity index is 1.65. The van der Waals surface area contributed by atoms with Crippen molar-refractivity contribution in [1.29, 1.82) is 0 Å². The molecule has 1 fully saturated rings. The second-order valence-electron chi connectivity index (χ2n) is 7.87. The zero-order valence-corrected chi connectivity index (χ0v) is 17.0. The highest BCUT2D eigenvalue weighted by atomic mass is 32.2. The van der Waals surface area contributed by atoms with E-state index in [0.717, 1.165) is 17.4 Å². The van der Waals surface area contributed by atoms with E-state index in [0.29, 0.717) is 5.25 Å². The first-order valence-electron chi connectivity index (χ1n) is 10.1. The van der Waals surface area contributed by atoms with Crippen LogP contribution in [0.1, 0.15) is 30.3 Å². The van der Waals surface area contributed by atoms with Gasteiger partial charge in [0.05, 0.1) is 11.7 Å². The summed E-state index contributed by atoms with van der Waals surface area (Å²) in [5, 5.41) is 6.93. The lowest BCUT2D eigenvalue weighted by Gasteiger charge is -2.29. The lowest BCUT2D eigenvalue weighted by atomic mass is 9.87. The van der Waals surface area contributed by atoms with Gasteiger partial charge in [-0.15, -0.1) is 0 Å². The second kappa shape index (κ2) is 6.60. The lowest BCUT2D eigenvalue weighted by Crippen LogP contribution is -2.29. The highest BCUT2D eigenvalue weighted by Crippen LogP contribution is 2.50. The van der Waals surface area contributed by atoms with Crippen molar-refractivity contribution in [3.8, 4) is 0 Å². The maximum absolute atomic E-state index is 5.19. The number of thioether (sulfide) groups is 1. The third kappa shape index (κ3) is 2.66. The van der Waals surface area contributed by atoms with Crippen molar-refractivity contribution >= 4 is 38.5 Å². The average molecular weight is 396 g/mol. The van der Waals surface area contributed by atoms with Crippen LogP contribution in [0.15, 0.2) is 84.0 Å². The van der Waals surface area contributed by atoms with Gasteiger partial charge in [-0.3, -0.25) is 9.98 Å². The van der Waals surface area contributed by atoms with E-state index in [2.05, 4.69) is 78.6 Å². The molecule has 2 aliphatic heterocycles. The Labute approximate surface area is 174 Å². The summed E-state index contributed by atoms with van der Waals surface area (Å²) in [4.78, 5) is 12.4. The summed E-state index contributed by atoms with van der Waals surface area (Å²) in [7, 11) is 0. The molecule has 29 heavy (non-hydrogen) atoms. The smallest absolute Gasteiger partial charge is 0.160 e. The van der Waals surface area contributed by atoms with Gasteiger partial charge in [-0.1, -0.05) is 73.3 Å². The number of amidine groups is 1. The van der Waals surface area contributed by atoms with Gasteiger partial charge in [0.1, 0.15) is 6.04 Å². The minimum Gasteiger partial charge on any atom is -0.341 e. The van der Waals surface area contributed by atoms with Gasteiger partial charge in [0.15, 0.2) is 5.17 Å². The number of nitrogens with zero attached hydrogens (tertiary/aromatic N) is 3. The van der Waals surface area contributed by atoms with Gasteiger partial charge in [-0.2, -0.15) is 0 Å². The third-order valence-electron chi connectivity index (χ3n) is 5.99. The number of aliphatic imine (C=N–C) groups is 1. The van der Waals surface area contributed by atoms with Gasteiger partial charge in [0, 0.05) is 18.0 Å². The van der Waals surface area contributed by atoms with Crippen LogP contribution in [-0.2, 0) is 0 Å². The Kier molecular flexibility index (Phi) is 3.88. The fourth-order valence-corrected chi connectivity index (χ4v) is 5.89. The predicted octanol–water partition coefficient (Wildman–Crippen LogP) is 5.98. The Morgan fingerprint density at radius 2 is 1.59 bits per heavy atom. The van der Waals surface area contributed by atoms with Crippen LogP contribution in [0.3, 0.4) is 0 Å². The van der Waals surface area contributed by atoms with E-state index in [1.165, 1.54) is 27.1 Å². The first-order chi connectivity index (χ1) is 14.3. The van der Waals surface area contributed by atoms with E-state index in [1.807, 2.05) is 24.0 Å². The molecule has 0 N–H and O–H groups in total. The molecule has 0 radical (unpaired) electrons. The normalized spacial score (nSPS) is 23.6. The zero-order chi connectivity index (χ0) is 19.4. The number of rotatable bonds is 2. The Bertz CT molecular complexity index is 1200. The van der Waals surface area contributed by atoms with Crippen molar-refractivity contribution in [2.75, 3.05) is 6.54 Å². The van der Waals surface area contributed by atoms with Crippen LogP contribution < -0.4 is 0 Å². The van der Waals surface area contributed by atoms with Crippen molar-refractivity contribution in [3.63, 3.8) is 0 Å². The topological polar surface area (TPSA) is 28.5 Å². The molecular weight excluding hydrogens is 374 g/mol. The van der Waals surface area contributed by atoms with Crippen LogP contribution in [0.4, 0.5) is 0 Å². The molecule has 6 rings (SSSR count). The van der Waals surface area contributed by atoms with Gasteiger partial charge < -0.3 is 4.90 Å². The zero-order valence-electron chi connectivity index (χ0n) is 16.2. The Morgan fingerprint density at radius 1 is 0.897 bits per heavy atom. The molecule has 3 aromatic carbocycles. The molecule has 0 aliphatic carbocycles. The highest BCUT2D eigenvalue weighted by Gasteiger charge is 2.44. The van der Waals surface area contributed by atoms with Crippen LogP contribution >= 0.6 is 11.8 Å². The lowest BCUT2D eigenvalue weighted by molar-refractivity contribution is 0.325.